The molecule has 0 amide bonds. The van der Waals surface area contributed by atoms with Gasteiger partial charge in [0.05, 0.1) is 12.1 Å². The fourth-order valence-electron chi connectivity index (χ4n) is 1.56. The maximum Gasteiger partial charge on any atom is 0.142 e. The Hall–Kier alpha value is -1.74. The SMILES string of the molecule is COc1ccc(NCc2ccc(Cl)c(F)c2)cc1. The van der Waals surface area contributed by atoms with Crippen LogP contribution in [0.5, 0.6) is 5.75 Å². The molecule has 0 aliphatic carbocycles. The number of benzene rings is 2. The fraction of sp³-hybridized carbons (Fsp3) is 0.143. The first kappa shape index (κ1) is 12.7. The van der Waals surface area contributed by atoms with E-state index in [4.69, 9.17) is 16.3 Å². The minimum Gasteiger partial charge on any atom is -0.497 e. The van der Waals surface area contributed by atoms with Crippen molar-refractivity contribution in [1.82, 2.24) is 0 Å². The van der Waals surface area contributed by atoms with E-state index in [1.54, 1.807) is 19.2 Å². The summed E-state index contributed by atoms with van der Waals surface area (Å²) in [6.45, 7) is 0.542. The van der Waals surface area contributed by atoms with E-state index in [-0.39, 0.29) is 5.02 Å². The zero-order valence-electron chi connectivity index (χ0n) is 9.91. The largest absolute Gasteiger partial charge is 0.497 e. The lowest BCUT2D eigenvalue weighted by Crippen LogP contribution is -1.99. The molecular formula is C14H13ClFNO. The predicted octanol–water partition coefficient (Wildman–Crippen LogP) is 4.10. The van der Waals surface area contributed by atoms with Crippen molar-refractivity contribution in [1.29, 1.82) is 0 Å². The maximum atomic E-state index is 13.2. The summed E-state index contributed by atoms with van der Waals surface area (Å²) < 4.78 is 18.3. The molecule has 2 nitrogen and oxygen atoms in total. The Morgan fingerprint density at radius 3 is 2.50 bits per heavy atom. The number of rotatable bonds is 4. The minimum absolute atomic E-state index is 0.142. The fourth-order valence-corrected chi connectivity index (χ4v) is 1.68. The van der Waals surface area contributed by atoms with E-state index < -0.39 is 5.82 Å². The summed E-state index contributed by atoms with van der Waals surface area (Å²) in [7, 11) is 1.62. The average Bonchev–Trinajstić information content (AvgIpc) is 2.41. The third kappa shape index (κ3) is 3.14. The van der Waals surface area contributed by atoms with Crippen LogP contribution in [0.4, 0.5) is 10.1 Å². The third-order valence-corrected chi connectivity index (χ3v) is 2.88. The quantitative estimate of drug-likeness (QED) is 0.899. The number of hydrogen-bond donors (Lipinski definition) is 1. The van der Waals surface area contributed by atoms with Crippen LogP contribution in [0, 0.1) is 5.82 Å². The molecule has 2 rings (SSSR count). The lowest BCUT2D eigenvalue weighted by molar-refractivity contribution is 0.415. The standard InChI is InChI=1S/C14H13ClFNO/c1-18-12-5-3-11(4-6-12)17-9-10-2-7-13(15)14(16)8-10/h2-8,17H,9H2,1H3. The van der Waals surface area contributed by atoms with Crippen LogP contribution in [0.2, 0.25) is 5.02 Å². The molecule has 0 unspecified atom stereocenters. The second kappa shape index (κ2) is 5.74. The van der Waals surface area contributed by atoms with Crippen molar-refractivity contribution < 1.29 is 9.13 Å². The molecule has 0 heterocycles. The van der Waals surface area contributed by atoms with Crippen LogP contribution in [0.15, 0.2) is 42.5 Å². The van der Waals surface area contributed by atoms with Gasteiger partial charge in [0.25, 0.3) is 0 Å². The summed E-state index contributed by atoms with van der Waals surface area (Å²) in [5.41, 5.74) is 1.79. The molecule has 2 aromatic carbocycles. The molecule has 18 heavy (non-hydrogen) atoms. The molecular weight excluding hydrogens is 253 g/mol. The van der Waals surface area contributed by atoms with Crippen molar-refractivity contribution >= 4 is 17.3 Å². The van der Waals surface area contributed by atoms with E-state index in [2.05, 4.69) is 5.32 Å². The number of methoxy groups -OCH3 is 1. The normalized spacial score (nSPS) is 10.2. The van der Waals surface area contributed by atoms with Gasteiger partial charge in [-0.15, -0.1) is 0 Å². The zero-order chi connectivity index (χ0) is 13.0. The zero-order valence-corrected chi connectivity index (χ0v) is 10.7. The summed E-state index contributed by atoms with van der Waals surface area (Å²) >= 11 is 5.62. The van der Waals surface area contributed by atoms with E-state index in [1.165, 1.54) is 6.07 Å². The highest BCUT2D eigenvalue weighted by atomic mass is 35.5. The first-order valence-corrected chi connectivity index (χ1v) is 5.88. The van der Waals surface area contributed by atoms with Crippen molar-refractivity contribution in [3.8, 4) is 5.75 Å². The molecule has 0 fully saturated rings. The molecule has 4 heteroatoms. The highest BCUT2D eigenvalue weighted by molar-refractivity contribution is 6.30. The van der Waals surface area contributed by atoms with E-state index in [0.717, 1.165) is 17.0 Å². The van der Waals surface area contributed by atoms with Gasteiger partial charge in [-0.05, 0) is 42.0 Å². The Labute approximate surface area is 110 Å². The van der Waals surface area contributed by atoms with E-state index in [9.17, 15) is 4.39 Å². The number of halogens is 2. The van der Waals surface area contributed by atoms with Gasteiger partial charge < -0.3 is 10.1 Å². The van der Waals surface area contributed by atoms with Gasteiger partial charge in [0.1, 0.15) is 11.6 Å². The van der Waals surface area contributed by atoms with Gasteiger partial charge in [-0.25, -0.2) is 4.39 Å². The first-order chi connectivity index (χ1) is 8.69. The topological polar surface area (TPSA) is 21.3 Å². The average molecular weight is 266 g/mol. The van der Waals surface area contributed by atoms with Crippen LogP contribution in [0.1, 0.15) is 5.56 Å². The molecule has 0 bridgehead atoms. The van der Waals surface area contributed by atoms with Gasteiger partial charge in [-0.1, -0.05) is 17.7 Å². The Morgan fingerprint density at radius 1 is 1.17 bits per heavy atom. The molecule has 94 valence electrons. The van der Waals surface area contributed by atoms with E-state index >= 15 is 0 Å². The van der Waals surface area contributed by atoms with Crippen molar-refractivity contribution in [2.45, 2.75) is 6.54 Å². The van der Waals surface area contributed by atoms with Crippen LogP contribution >= 0.6 is 11.6 Å². The lowest BCUT2D eigenvalue weighted by atomic mass is 10.2. The Morgan fingerprint density at radius 2 is 1.89 bits per heavy atom. The van der Waals surface area contributed by atoms with Gasteiger partial charge in [-0.2, -0.15) is 0 Å². The van der Waals surface area contributed by atoms with Crippen LogP contribution in [-0.2, 0) is 6.54 Å². The highest BCUT2D eigenvalue weighted by Gasteiger charge is 2.01. The highest BCUT2D eigenvalue weighted by Crippen LogP contribution is 2.18. The lowest BCUT2D eigenvalue weighted by Gasteiger charge is -2.08. The van der Waals surface area contributed by atoms with Crippen molar-refractivity contribution in [3.05, 3.63) is 58.9 Å². The molecule has 2 aromatic rings. The molecule has 0 aromatic heterocycles. The second-order valence-corrected chi connectivity index (χ2v) is 4.24. The molecule has 0 spiro atoms. The summed E-state index contributed by atoms with van der Waals surface area (Å²) in [5.74, 6) is 0.406. The number of ether oxygens (including phenoxy) is 1. The second-order valence-electron chi connectivity index (χ2n) is 3.83. The maximum absolute atomic E-state index is 13.2. The van der Waals surface area contributed by atoms with Crippen LogP contribution in [-0.4, -0.2) is 7.11 Å². The number of anilines is 1. The van der Waals surface area contributed by atoms with Gasteiger partial charge in [-0.3, -0.25) is 0 Å². The van der Waals surface area contributed by atoms with Gasteiger partial charge >= 0.3 is 0 Å². The Bertz CT molecular complexity index is 528. The van der Waals surface area contributed by atoms with Crippen LogP contribution in [0.3, 0.4) is 0 Å². The van der Waals surface area contributed by atoms with Crippen LogP contribution < -0.4 is 10.1 Å². The van der Waals surface area contributed by atoms with Crippen LogP contribution in [0.25, 0.3) is 0 Å². The van der Waals surface area contributed by atoms with Crippen molar-refractivity contribution in [2.24, 2.45) is 0 Å². The van der Waals surface area contributed by atoms with E-state index in [0.29, 0.717) is 6.54 Å². The summed E-state index contributed by atoms with van der Waals surface area (Å²) in [6.07, 6.45) is 0. The molecule has 0 atom stereocenters. The summed E-state index contributed by atoms with van der Waals surface area (Å²) in [5, 5.41) is 3.34. The molecule has 0 aliphatic heterocycles. The van der Waals surface area contributed by atoms with E-state index in [1.807, 2.05) is 24.3 Å². The smallest absolute Gasteiger partial charge is 0.142 e. The molecule has 0 radical (unpaired) electrons. The molecule has 0 saturated heterocycles. The number of nitrogens with one attached hydrogen (secondary N) is 1. The number of hydrogen-bond acceptors (Lipinski definition) is 2. The van der Waals surface area contributed by atoms with Gasteiger partial charge in [0.15, 0.2) is 0 Å². The minimum atomic E-state index is -0.398. The molecule has 0 saturated carbocycles. The summed E-state index contributed by atoms with van der Waals surface area (Å²) in [6, 6.07) is 12.3. The first-order valence-electron chi connectivity index (χ1n) is 5.51. The van der Waals surface area contributed by atoms with Gasteiger partial charge in [0, 0.05) is 12.2 Å². The Balaban J connectivity index is 1.99. The van der Waals surface area contributed by atoms with Crippen molar-refractivity contribution in [3.63, 3.8) is 0 Å². The molecule has 0 aliphatic rings. The summed E-state index contributed by atoms with van der Waals surface area (Å²) in [4.78, 5) is 0. The van der Waals surface area contributed by atoms with Gasteiger partial charge in [0.2, 0.25) is 0 Å². The monoisotopic (exact) mass is 265 g/mol. The van der Waals surface area contributed by atoms with Crippen molar-refractivity contribution in [2.75, 3.05) is 12.4 Å². The Kier molecular flexibility index (Phi) is 4.05. The third-order valence-electron chi connectivity index (χ3n) is 2.57. The molecule has 1 N–H and O–H groups in total. The predicted molar refractivity (Wildman–Crippen MR) is 71.7 cm³/mol.